The number of hydrogen-bond donors (Lipinski definition) is 1. The average molecular weight is 247 g/mol. The highest BCUT2D eigenvalue weighted by Gasteiger charge is 2.21. The summed E-state index contributed by atoms with van der Waals surface area (Å²) in [6.07, 6.45) is 2.70. The third-order valence-electron chi connectivity index (χ3n) is 3.40. The first-order valence-electron chi connectivity index (χ1n) is 7.12. The Balaban J connectivity index is 1.80. The van der Waals surface area contributed by atoms with Crippen molar-refractivity contribution in [2.24, 2.45) is 5.92 Å². The van der Waals surface area contributed by atoms with Gasteiger partial charge >= 0.3 is 0 Å². The van der Waals surface area contributed by atoms with Crippen molar-refractivity contribution in [3.63, 3.8) is 0 Å². The zero-order valence-corrected chi connectivity index (χ0v) is 11.8. The minimum absolute atomic E-state index is 0.515. The summed E-state index contributed by atoms with van der Waals surface area (Å²) in [7, 11) is 0. The van der Waals surface area contributed by atoms with Gasteiger partial charge in [-0.25, -0.2) is 0 Å². The van der Waals surface area contributed by atoms with Crippen LogP contribution in [0.15, 0.2) is 24.3 Å². The minimum atomic E-state index is 0.515. The Morgan fingerprint density at radius 2 is 1.94 bits per heavy atom. The van der Waals surface area contributed by atoms with Crippen LogP contribution < -0.4 is 10.1 Å². The Bertz CT molecular complexity index is 371. The van der Waals surface area contributed by atoms with E-state index in [1.165, 1.54) is 18.4 Å². The molecular formula is C16H25NO. The van der Waals surface area contributed by atoms with Gasteiger partial charge in [-0.15, -0.1) is 0 Å². The SMILES string of the molecule is CC(CNC1CC1)COc1ccccc1C(C)C. The Kier molecular flexibility index (Phi) is 4.65. The van der Waals surface area contributed by atoms with Crippen LogP contribution in [0.1, 0.15) is 45.1 Å². The Morgan fingerprint density at radius 3 is 2.61 bits per heavy atom. The largest absolute Gasteiger partial charge is 0.493 e. The molecule has 2 heteroatoms. The van der Waals surface area contributed by atoms with Gasteiger partial charge in [-0.1, -0.05) is 39.0 Å². The van der Waals surface area contributed by atoms with Crippen LogP contribution in [0.5, 0.6) is 5.75 Å². The Hall–Kier alpha value is -1.02. The first-order valence-corrected chi connectivity index (χ1v) is 7.12. The second-order valence-corrected chi connectivity index (χ2v) is 5.79. The number of nitrogens with one attached hydrogen (secondary N) is 1. The first-order chi connectivity index (χ1) is 8.66. The van der Waals surface area contributed by atoms with Crippen LogP contribution in [0, 0.1) is 5.92 Å². The van der Waals surface area contributed by atoms with Gasteiger partial charge in [0.15, 0.2) is 0 Å². The van der Waals surface area contributed by atoms with Gasteiger partial charge in [-0.3, -0.25) is 0 Å². The molecule has 0 saturated heterocycles. The lowest BCUT2D eigenvalue weighted by Crippen LogP contribution is -2.26. The van der Waals surface area contributed by atoms with Gasteiger partial charge in [0.25, 0.3) is 0 Å². The quantitative estimate of drug-likeness (QED) is 0.795. The monoisotopic (exact) mass is 247 g/mol. The van der Waals surface area contributed by atoms with Crippen molar-refractivity contribution in [3.8, 4) is 5.75 Å². The Morgan fingerprint density at radius 1 is 1.22 bits per heavy atom. The van der Waals surface area contributed by atoms with Crippen LogP contribution in [0.2, 0.25) is 0 Å². The molecule has 0 aliphatic heterocycles. The van der Waals surface area contributed by atoms with E-state index in [0.29, 0.717) is 11.8 Å². The summed E-state index contributed by atoms with van der Waals surface area (Å²) in [5.41, 5.74) is 1.31. The maximum absolute atomic E-state index is 5.97. The summed E-state index contributed by atoms with van der Waals surface area (Å²) in [6, 6.07) is 9.16. The van der Waals surface area contributed by atoms with Gasteiger partial charge in [-0.05, 0) is 30.4 Å². The molecule has 1 N–H and O–H groups in total. The van der Waals surface area contributed by atoms with E-state index in [0.717, 1.165) is 24.9 Å². The summed E-state index contributed by atoms with van der Waals surface area (Å²) in [4.78, 5) is 0. The highest BCUT2D eigenvalue weighted by atomic mass is 16.5. The zero-order chi connectivity index (χ0) is 13.0. The van der Waals surface area contributed by atoms with E-state index in [1.807, 2.05) is 6.07 Å². The van der Waals surface area contributed by atoms with E-state index in [2.05, 4.69) is 44.3 Å². The molecular weight excluding hydrogens is 222 g/mol. The van der Waals surface area contributed by atoms with Gasteiger partial charge < -0.3 is 10.1 Å². The molecule has 1 unspecified atom stereocenters. The molecule has 1 atom stereocenters. The standard InChI is InChI=1S/C16H25NO/c1-12(2)15-6-4-5-7-16(15)18-11-13(3)10-17-14-8-9-14/h4-7,12-14,17H,8-11H2,1-3H3. The van der Waals surface area contributed by atoms with Crippen molar-refractivity contribution in [1.29, 1.82) is 0 Å². The Labute approximate surface area is 111 Å². The molecule has 1 aliphatic carbocycles. The fraction of sp³-hybridized carbons (Fsp3) is 0.625. The highest BCUT2D eigenvalue weighted by Crippen LogP contribution is 2.26. The molecule has 0 aromatic heterocycles. The summed E-state index contributed by atoms with van der Waals surface area (Å²) in [6.45, 7) is 8.52. The fourth-order valence-corrected chi connectivity index (χ4v) is 2.04. The maximum atomic E-state index is 5.97. The van der Waals surface area contributed by atoms with Gasteiger partial charge in [0.05, 0.1) is 6.61 Å². The molecule has 0 heterocycles. The number of ether oxygens (including phenoxy) is 1. The molecule has 18 heavy (non-hydrogen) atoms. The second-order valence-electron chi connectivity index (χ2n) is 5.79. The van der Waals surface area contributed by atoms with Crippen molar-refractivity contribution in [3.05, 3.63) is 29.8 Å². The molecule has 2 rings (SSSR count). The molecule has 100 valence electrons. The molecule has 1 fully saturated rings. The maximum Gasteiger partial charge on any atom is 0.122 e. The van der Waals surface area contributed by atoms with Crippen molar-refractivity contribution < 1.29 is 4.74 Å². The second kappa shape index (κ2) is 6.24. The number of benzene rings is 1. The normalized spacial score (nSPS) is 16.9. The van der Waals surface area contributed by atoms with Crippen molar-refractivity contribution >= 4 is 0 Å². The summed E-state index contributed by atoms with van der Waals surface area (Å²) < 4.78 is 5.97. The molecule has 1 aliphatic rings. The zero-order valence-electron chi connectivity index (χ0n) is 11.8. The minimum Gasteiger partial charge on any atom is -0.493 e. The summed E-state index contributed by atoms with van der Waals surface area (Å²) in [5.74, 6) is 2.12. The summed E-state index contributed by atoms with van der Waals surface area (Å²) in [5, 5.41) is 3.55. The number of para-hydroxylation sites is 1. The third-order valence-corrected chi connectivity index (χ3v) is 3.40. The van der Waals surface area contributed by atoms with Crippen LogP contribution >= 0.6 is 0 Å². The van der Waals surface area contributed by atoms with Crippen LogP contribution in [-0.4, -0.2) is 19.2 Å². The molecule has 0 radical (unpaired) electrons. The topological polar surface area (TPSA) is 21.3 Å². The van der Waals surface area contributed by atoms with Crippen molar-refractivity contribution in [2.75, 3.05) is 13.2 Å². The van der Waals surface area contributed by atoms with E-state index in [-0.39, 0.29) is 0 Å². The third kappa shape index (κ3) is 4.02. The van der Waals surface area contributed by atoms with Gasteiger partial charge in [0, 0.05) is 18.5 Å². The van der Waals surface area contributed by atoms with Gasteiger partial charge in [0.1, 0.15) is 5.75 Å². The van der Waals surface area contributed by atoms with E-state index in [1.54, 1.807) is 0 Å². The van der Waals surface area contributed by atoms with Gasteiger partial charge in [-0.2, -0.15) is 0 Å². The molecule has 0 amide bonds. The predicted molar refractivity (Wildman–Crippen MR) is 76.2 cm³/mol. The van der Waals surface area contributed by atoms with Crippen LogP contribution in [0.3, 0.4) is 0 Å². The average Bonchev–Trinajstić information content (AvgIpc) is 3.18. The van der Waals surface area contributed by atoms with Crippen LogP contribution in [0.25, 0.3) is 0 Å². The van der Waals surface area contributed by atoms with E-state index in [9.17, 15) is 0 Å². The molecule has 0 bridgehead atoms. The van der Waals surface area contributed by atoms with Crippen LogP contribution in [-0.2, 0) is 0 Å². The van der Waals surface area contributed by atoms with Crippen LogP contribution in [0.4, 0.5) is 0 Å². The lowest BCUT2D eigenvalue weighted by molar-refractivity contribution is 0.252. The van der Waals surface area contributed by atoms with Crippen molar-refractivity contribution in [2.45, 2.75) is 45.6 Å². The van der Waals surface area contributed by atoms with E-state index < -0.39 is 0 Å². The smallest absolute Gasteiger partial charge is 0.122 e. The van der Waals surface area contributed by atoms with Gasteiger partial charge in [0.2, 0.25) is 0 Å². The molecule has 2 nitrogen and oxygen atoms in total. The van der Waals surface area contributed by atoms with E-state index in [4.69, 9.17) is 4.74 Å². The molecule has 1 aromatic rings. The molecule has 1 aromatic carbocycles. The highest BCUT2D eigenvalue weighted by molar-refractivity contribution is 5.35. The number of rotatable bonds is 7. The lowest BCUT2D eigenvalue weighted by Gasteiger charge is -2.17. The molecule has 0 spiro atoms. The first kappa shape index (κ1) is 13.4. The van der Waals surface area contributed by atoms with E-state index >= 15 is 0 Å². The van der Waals surface area contributed by atoms with Crippen molar-refractivity contribution in [1.82, 2.24) is 5.32 Å². The lowest BCUT2D eigenvalue weighted by atomic mass is 10.0. The fourth-order valence-electron chi connectivity index (χ4n) is 2.04. The molecule has 1 saturated carbocycles. The predicted octanol–water partition coefficient (Wildman–Crippen LogP) is 3.58. The number of hydrogen-bond acceptors (Lipinski definition) is 2. The summed E-state index contributed by atoms with van der Waals surface area (Å²) >= 11 is 0.